The molecule has 0 amide bonds. The van der Waals surface area contributed by atoms with Gasteiger partial charge >= 0.3 is 0 Å². The number of hydrogen-bond acceptors (Lipinski definition) is 2. The van der Waals surface area contributed by atoms with Gasteiger partial charge in [-0.1, -0.05) is 6.08 Å². The van der Waals surface area contributed by atoms with Crippen LogP contribution in [-0.2, 0) is 0 Å². The number of nitrogens with two attached hydrogens (primary N) is 1. The van der Waals surface area contributed by atoms with Crippen molar-refractivity contribution >= 4 is 12.6 Å². The SMILES string of the molecule is C=NC(=NCC)/C(N)=C\C. The molecule has 0 radical (unpaired) electrons. The monoisotopic (exact) mass is 139 g/mol. The maximum absolute atomic E-state index is 5.51. The van der Waals surface area contributed by atoms with Crippen molar-refractivity contribution in [2.24, 2.45) is 15.7 Å². The molecule has 0 aromatic heterocycles. The van der Waals surface area contributed by atoms with Crippen LogP contribution in [0.25, 0.3) is 0 Å². The maximum atomic E-state index is 5.51. The van der Waals surface area contributed by atoms with Crippen LogP contribution in [0.1, 0.15) is 13.8 Å². The second kappa shape index (κ2) is 4.73. The Kier molecular flexibility index (Phi) is 4.20. The van der Waals surface area contributed by atoms with Gasteiger partial charge in [0, 0.05) is 6.54 Å². The fourth-order valence-electron chi connectivity index (χ4n) is 0.511. The smallest absolute Gasteiger partial charge is 0.169 e. The van der Waals surface area contributed by atoms with E-state index in [0.717, 1.165) is 0 Å². The van der Waals surface area contributed by atoms with E-state index in [2.05, 4.69) is 16.7 Å². The molecule has 0 aliphatic rings. The van der Waals surface area contributed by atoms with Crippen LogP contribution >= 0.6 is 0 Å². The molecule has 0 aromatic rings. The summed E-state index contributed by atoms with van der Waals surface area (Å²) < 4.78 is 0. The Morgan fingerprint density at radius 1 is 1.70 bits per heavy atom. The van der Waals surface area contributed by atoms with E-state index in [-0.39, 0.29) is 0 Å². The molecule has 2 N–H and O–H groups in total. The zero-order valence-corrected chi connectivity index (χ0v) is 6.46. The highest BCUT2D eigenvalue weighted by molar-refractivity contribution is 6.00. The predicted molar refractivity (Wildman–Crippen MR) is 45.5 cm³/mol. The number of nitrogens with zero attached hydrogens (tertiary/aromatic N) is 2. The van der Waals surface area contributed by atoms with E-state index in [1.165, 1.54) is 0 Å². The number of hydrogen-bond donors (Lipinski definition) is 1. The van der Waals surface area contributed by atoms with Crippen molar-refractivity contribution in [1.82, 2.24) is 0 Å². The van der Waals surface area contributed by atoms with Crippen molar-refractivity contribution in [2.45, 2.75) is 13.8 Å². The minimum atomic E-state index is 0.532. The third-order valence-electron chi connectivity index (χ3n) is 1.03. The summed E-state index contributed by atoms with van der Waals surface area (Å²) in [6, 6.07) is 0. The molecular weight excluding hydrogens is 126 g/mol. The van der Waals surface area contributed by atoms with E-state index in [4.69, 9.17) is 5.73 Å². The topological polar surface area (TPSA) is 50.7 Å². The summed E-state index contributed by atoms with van der Waals surface area (Å²) in [5, 5.41) is 0. The van der Waals surface area contributed by atoms with Crippen LogP contribution in [0.3, 0.4) is 0 Å². The molecule has 0 heterocycles. The van der Waals surface area contributed by atoms with Crippen molar-refractivity contribution in [3.8, 4) is 0 Å². The van der Waals surface area contributed by atoms with Gasteiger partial charge in [-0.15, -0.1) is 0 Å². The van der Waals surface area contributed by atoms with Crippen LogP contribution in [0.5, 0.6) is 0 Å². The fraction of sp³-hybridized carbons (Fsp3) is 0.429. The van der Waals surface area contributed by atoms with E-state index < -0.39 is 0 Å². The van der Waals surface area contributed by atoms with Gasteiger partial charge < -0.3 is 5.73 Å². The first-order valence-electron chi connectivity index (χ1n) is 3.19. The van der Waals surface area contributed by atoms with E-state index >= 15 is 0 Å². The zero-order valence-electron chi connectivity index (χ0n) is 6.46. The quantitative estimate of drug-likeness (QED) is 0.449. The first-order valence-corrected chi connectivity index (χ1v) is 3.19. The molecule has 0 aromatic carbocycles. The van der Waals surface area contributed by atoms with Crippen LogP contribution in [0.15, 0.2) is 21.8 Å². The predicted octanol–water partition coefficient (Wildman–Crippen LogP) is 0.968. The Balaban J connectivity index is 4.35. The lowest BCUT2D eigenvalue weighted by Crippen LogP contribution is -2.08. The third-order valence-corrected chi connectivity index (χ3v) is 1.03. The van der Waals surface area contributed by atoms with Crippen LogP contribution < -0.4 is 5.73 Å². The lowest BCUT2D eigenvalue weighted by Gasteiger charge is -1.96. The first kappa shape index (κ1) is 8.88. The minimum Gasteiger partial charge on any atom is -0.396 e. The molecule has 0 atom stereocenters. The normalized spacial score (nSPS) is 13.4. The Morgan fingerprint density at radius 2 is 2.30 bits per heavy atom. The minimum absolute atomic E-state index is 0.532. The Morgan fingerprint density at radius 3 is 2.60 bits per heavy atom. The molecule has 0 spiro atoms. The second-order valence-electron chi connectivity index (χ2n) is 1.70. The van der Waals surface area contributed by atoms with Crippen LogP contribution in [-0.4, -0.2) is 19.1 Å². The number of allylic oxidation sites excluding steroid dienone is 1. The molecule has 0 rings (SSSR count). The highest BCUT2D eigenvalue weighted by atomic mass is 14.9. The summed E-state index contributed by atoms with van der Waals surface area (Å²) in [5.41, 5.74) is 6.09. The molecule has 0 aliphatic carbocycles. The average molecular weight is 139 g/mol. The molecule has 56 valence electrons. The summed E-state index contributed by atoms with van der Waals surface area (Å²) in [7, 11) is 0. The van der Waals surface area contributed by atoms with Crippen molar-refractivity contribution in [1.29, 1.82) is 0 Å². The molecule has 0 unspecified atom stereocenters. The fourth-order valence-corrected chi connectivity index (χ4v) is 0.511. The molecule has 0 bridgehead atoms. The maximum Gasteiger partial charge on any atom is 0.169 e. The summed E-state index contributed by atoms with van der Waals surface area (Å²) in [6.07, 6.45) is 1.75. The van der Waals surface area contributed by atoms with Gasteiger partial charge in [-0.25, -0.2) is 4.99 Å². The van der Waals surface area contributed by atoms with Crippen LogP contribution in [0.4, 0.5) is 0 Å². The zero-order chi connectivity index (χ0) is 7.98. The average Bonchev–Trinajstić information content (AvgIpc) is 1.99. The summed E-state index contributed by atoms with van der Waals surface area (Å²) in [5.74, 6) is 0.532. The van der Waals surface area contributed by atoms with E-state index in [0.29, 0.717) is 18.1 Å². The van der Waals surface area contributed by atoms with Gasteiger partial charge in [-0.3, -0.25) is 4.99 Å². The number of aliphatic imine (C=N–C) groups is 2. The van der Waals surface area contributed by atoms with Crippen molar-refractivity contribution < 1.29 is 0 Å². The Hall–Kier alpha value is -1.12. The standard InChI is InChI=1S/C7H13N3/c1-4-6(8)7(9-3)10-5-2/h4H,3,5,8H2,1-2H3/b6-4+,10-7?. The number of amidine groups is 1. The highest BCUT2D eigenvalue weighted by Gasteiger charge is 1.94. The summed E-state index contributed by atoms with van der Waals surface area (Å²) >= 11 is 0. The first-order chi connectivity index (χ1) is 4.76. The van der Waals surface area contributed by atoms with Gasteiger partial charge in [0.1, 0.15) is 0 Å². The molecular formula is C7H13N3. The van der Waals surface area contributed by atoms with E-state index in [9.17, 15) is 0 Å². The van der Waals surface area contributed by atoms with Gasteiger partial charge in [0.2, 0.25) is 0 Å². The van der Waals surface area contributed by atoms with E-state index in [1.807, 2.05) is 13.8 Å². The number of rotatable bonds is 2. The Labute approximate surface area is 61.4 Å². The summed E-state index contributed by atoms with van der Waals surface area (Å²) in [4.78, 5) is 7.66. The molecule has 10 heavy (non-hydrogen) atoms. The van der Waals surface area contributed by atoms with Gasteiger partial charge in [-0.2, -0.15) is 0 Å². The van der Waals surface area contributed by atoms with Crippen LogP contribution in [0, 0.1) is 0 Å². The van der Waals surface area contributed by atoms with Crippen molar-refractivity contribution in [3.05, 3.63) is 11.8 Å². The lowest BCUT2D eigenvalue weighted by atomic mass is 10.4. The van der Waals surface area contributed by atoms with Gasteiger partial charge in [0.05, 0.1) is 5.70 Å². The molecule has 0 saturated carbocycles. The highest BCUT2D eigenvalue weighted by Crippen LogP contribution is 1.90. The Bertz CT molecular complexity index is 168. The molecule has 0 aliphatic heterocycles. The lowest BCUT2D eigenvalue weighted by molar-refractivity contribution is 1.12. The van der Waals surface area contributed by atoms with Crippen LogP contribution in [0.2, 0.25) is 0 Å². The molecule has 3 nitrogen and oxygen atoms in total. The largest absolute Gasteiger partial charge is 0.396 e. The molecule has 0 fully saturated rings. The van der Waals surface area contributed by atoms with E-state index in [1.54, 1.807) is 6.08 Å². The van der Waals surface area contributed by atoms with Gasteiger partial charge in [0.15, 0.2) is 5.84 Å². The van der Waals surface area contributed by atoms with Crippen molar-refractivity contribution in [3.63, 3.8) is 0 Å². The van der Waals surface area contributed by atoms with Gasteiger partial charge in [0.25, 0.3) is 0 Å². The van der Waals surface area contributed by atoms with Gasteiger partial charge in [-0.05, 0) is 20.6 Å². The third kappa shape index (κ3) is 2.44. The molecule has 3 heteroatoms. The second-order valence-corrected chi connectivity index (χ2v) is 1.70. The van der Waals surface area contributed by atoms with Crippen molar-refractivity contribution in [2.75, 3.05) is 6.54 Å². The summed E-state index contributed by atoms with van der Waals surface area (Å²) in [6.45, 7) is 7.79. The molecule has 0 saturated heterocycles.